The number of hydrogen-bond acceptors (Lipinski definition) is 6. The number of piperidine rings is 1. The van der Waals surface area contributed by atoms with Gasteiger partial charge >= 0.3 is 5.97 Å². The highest BCUT2D eigenvalue weighted by atomic mass is 16.5. The van der Waals surface area contributed by atoms with Crippen molar-refractivity contribution < 1.29 is 14.3 Å². The van der Waals surface area contributed by atoms with Crippen molar-refractivity contribution in [2.24, 2.45) is 5.92 Å². The molecular formula is C23H29N5O3. The van der Waals surface area contributed by atoms with E-state index in [2.05, 4.69) is 24.8 Å². The molecule has 4 rings (SSSR count). The van der Waals surface area contributed by atoms with Crippen molar-refractivity contribution in [3.8, 4) is 0 Å². The summed E-state index contributed by atoms with van der Waals surface area (Å²) in [5, 5.41) is 0. The Morgan fingerprint density at radius 3 is 2.74 bits per heavy atom. The van der Waals surface area contributed by atoms with Gasteiger partial charge in [0.1, 0.15) is 11.5 Å². The lowest BCUT2D eigenvalue weighted by Gasteiger charge is -2.25. The van der Waals surface area contributed by atoms with E-state index in [0.717, 1.165) is 49.3 Å². The summed E-state index contributed by atoms with van der Waals surface area (Å²) in [6, 6.07) is 7.70. The average Bonchev–Trinajstić information content (AvgIpc) is 3.44. The topological polar surface area (TPSA) is 104 Å². The third-order valence-electron chi connectivity index (χ3n) is 5.61. The number of anilines is 1. The molecule has 0 aliphatic carbocycles. The zero-order chi connectivity index (χ0) is 21.6. The van der Waals surface area contributed by atoms with E-state index < -0.39 is 5.92 Å². The highest BCUT2D eigenvalue weighted by Crippen LogP contribution is 2.21. The molecule has 1 unspecified atom stereocenters. The number of nitrogens with zero attached hydrogens (tertiary/aromatic N) is 3. The van der Waals surface area contributed by atoms with E-state index >= 15 is 0 Å². The Bertz CT molecular complexity index is 1000. The number of benzene rings is 1. The Balaban J connectivity index is 1.47. The summed E-state index contributed by atoms with van der Waals surface area (Å²) in [7, 11) is 0. The highest BCUT2D eigenvalue weighted by molar-refractivity contribution is 5.96. The van der Waals surface area contributed by atoms with Crippen LogP contribution in [0.2, 0.25) is 0 Å². The minimum atomic E-state index is -0.610. The quantitative estimate of drug-likeness (QED) is 0.402. The number of ether oxygens (including phenoxy) is 1. The van der Waals surface area contributed by atoms with Crippen molar-refractivity contribution in [2.45, 2.75) is 45.4 Å². The molecule has 8 heteroatoms. The molecule has 0 bridgehead atoms. The molecule has 31 heavy (non-hydrogen) atoms. The molecule has 1 atom stereocenters. The van der Waals surface area contributed by atoms with Crippen LogP contribution in [0.5, 0.6) is 0 Å². The molecule has 164 valence electrons. The molecule has 3 aromatic rings. The van der Waals surface area contributed by atoms with Gasteiger partial charge < -0.3 is 19.6 Å². The van der Waals surface area contributed by atoms with Crippen LogP contribution in [0.1, 0.15) is 55.3 Å². The number of H-pyrrole nitrogens is 2. The highest BCUT2D eigenvalue weighted by Gasteiger charge is 2.27. The molecule has 2 aromatic heterocycles. The van der Waals surface area contributed by atoms with E-state index in [0.29, 0.717) is 24.5 Å². The fraction of sp³-hybridized carbons (Fsp3) is 0.478. The second-order valence-corrected chi connectivity index (χ2v) is 8.06. The van der Waals surface area contributed by atoms with E-state index in [9.17, 15) is 9.59 Å². The monoisotopic (exact) mass is 423 g/mol. The van der Waals surface area contributed by atoms with Gasteiger partial charge in [-0.25, -0.2) is 9.97 Å². The van der Waals surface area contributed by atoms with Gasteiger partial charge in [0.25, 0.3) is 0 Å². The predicted molar refractivity (Wildman–Crippen MR) is 118 cm³/mol. The number of fused-ring (bicyclic) bond motifs is 1. The van der Waals surface area contributed by atoms with E-state index in [1.54, 1.807) is 6.20 Å². The van der Waals surface area contributed by atoms with Gasteiger partial charge in [0.15, 0.2) is 5.78 Å². The minimum absolute atomic E-state index is 0.0429. The van der Waals surface area contributed by atoms with Gasteiger partial charge in [-0.15, -0.1) is 0 Å². The minimum Gasteiger partial charge on any atom is -0.465 e. The second kappa shape index (κ2) is 9.76. The summed E-state index contributed by atoms with van der Waals surface area (Å²) in [6.45, 7) is 4.17. The van der Waals surface area contributed by atoms with Crippen molar-refractivity contribution >= 4 is 28.7 Å². The molecule has 1 aliphatic rings. The van der Waals surface area contributed by atoms with Crippen LogP contribution in [-0.4, -0.2) is 51.4 Å². The van der Waals surface area contributed by atoms with Gasteiger partial charge in [-0.1, -0.05) is 19.1 Å². The molecular weight excluding hydrogens is 394 g/mol. The Morgan fingerprint density at radius 2 is 1.97 bits per heavy atom. The number of nitrogens with one attached hydrogen (secondary N) is 2. The molecule has 3 heterocycles. The number of esters is 1. The van der Waals surface area contributed by atoms with Crippen molar-refractivity contribution in [1.82, 2.24) is 19.9 Å². The predicted octanol–water partition coefficient (Wildman–Crippen LogP) is 3.66. The summed E-state index contributed by atoms with van der Waals surface area (Å²) in [4.78, 5) is 43.2. The lowest BCUT2D eigenvalue weighted by Crippen LogP contribution is -2.30. The maximum Gasteiger partial charge on any atom is 0.309 e. The van der Waals surface area contributed by atoms with Gasteiger partial charge in [-0.2, -0.15) is 0 Å². The standard InChI is InChI=1S/C23H29N5O3/c1-2-12-31-22(30)16(14-21-25-17-8-4-5-9-18(17)26-21)13-20(29)19-15-24-23(27-19)28-10-6-3-7-11-28/h4-5,8-9,15-16H,2-3,6-7,10-14H2,1H3,(H,24,27)(H,25,26). The van der Waals surface area contributed by atoms with Gasteiger partial charge in [-0.05, 0) is 37.8 Å². The molecule has 8 nitrogen and oxygen atoms in total. The van der Waals surface area contributed by atoms with Crippen LogP contribution < -0.4 is 4.90 Å². The summed E-state index contributed by atoms with van der Waals surface area (Å²) in [5.41, 5.74) is 2.17. The summed E-state index contributed by atoms with van der Waals surface area (Å²) in [6.07, 6.45) is 6.15. The normalized spacial score (nSPS) is 15.2. The molecule has 1 fully saturated rings. The number of imidazole rings is 2. The second-order valence-electron chi connectivity index (χ2n) is 8.06. The number of rotatable bonds is 9. The zero-order valence-electron chi connectivity index (χ0n) is 17.9. The average molecular weight is 424 g/mol. The third kappa shape index (κ3) is 5.13. The lowest BCUT2D eigenvalue weighted by molar-refractivity contribution is -0.148. The fourth-order valence-corrected chi connectivity index (χ4v) is 3.95. The number of aromatic amines is 2. The summed E-state index contributed by atoms with van der Waals surface area (Å²) in [5.74, 6) is 0.273. The van der Waals surface area contributed by atoms with Crippen molar-refractivity contribution in [1.29, 1.82) is 0 Å². The molecule has 2 N–H and O–H groups in total. The molecule has 0 saturated carbocycles. The molecule has 0 amide bonds. The Labute approximate surface area is 181 Å². The number of ketones is 1. The molecule has 1 saturated heterocycles. The van der Waals surface area contributed by atoms with Gasteiger partial charge in [0.05, 0.1) is 29.8 Å². The van der Waals surface area contributed by atoms with E-state index in [1.165, 1.54) is 6.42 Å². The Morgan fingerprint density at radius 1 is 1.16 bits per heavy atom. The first-order valence-corrected chi connectivity index (χ1v) is 11.1. The zero-order valence-corrected chi connectivity index (χ0v) is 17.9. The number of carbonyl (C=O) groups is 2. The van der Waals surface area contributed by atoms with E-state index in [1.807, 2.05) is 31.2 Å². The number of aromatic nitrogens is 4. The number of Topliss-reactive ketones (excluding diaryl/α,β-unsaturated/α-hetero) is 1. The van der Waals surface area contributed by atoms with E-state index in [4.69, 9.17) is 4.74 Å². The van der Waals surface area contributed by atoms with Gasteiger partial charge in [0.2, 0.25) is 5.95 Å². The Hall–Kier alpha value is -3.16. The smallest absolute Gasteiger partial charge is 0.309 e. The SMILES string of the molecule is CCCOC(=O)C(CC(=O)c1cnc(N2CCCCC2)[nH]1)Cc1nc2ccccc2[nH]1. The molecule has 0 radical (unpaired) electrons. The van der Waals surface area contributed by atoms with Crippen molar-refractivity contribution in [3.63, 3.8) is 0 Å². The number of para-hydroxylation sites is 2. The number of carbonyl (C=O) groups excluding carboxylic acids is 2. The molecule has 0 spiro atoms. The van der Waals surface area contributed by atoms with Crippen LogP contribution in [0, 0.1) is 5.92 Å². The first kappa shape index (κ1) is 21.1. The van der Waals surface area contributed by atoms with Crippen LogP contribution in [-0.2, 0) is 16.0 Å². The third-order valence-corrected chi connectivity index (χ3v) is 5.61. The molecule has 1 aliphatic heterocycles. The van der Waals surface area contributed by atoms with Gasteiger partial charge in [-0.3, -0.25) is 9.59 Å². The van der Waals surface area contributed by atoms with Crippen LogP contribution >= 0.6 is 0 Å². The summed E-state index contributed by atoms with van der Waals surface area (Å²) < 4.78 is 5.37. The van der Waals surface area contributed by atoms with Crippen LogP contribution in [0.3, 0.4) is 0 Å². The van der Waals surface area contributed by atoms with Crippen molar-refractivity contribution in [2.75, 3.05) is 24.6 Å². The first-order valence-electron chi connectivity index (χ1n) is 11.1. The van der Waals surface area contributed by atoms with Crippen LogP contribution in [0.4, 0.5) is 5.95 Å². The van der Waals surface area contributed by atoms with Crippen molar-refractivity contribution in [3.05, 3.63) is 42.0 Å². The maximum atomic E-state index is 13.0. The van der Waals surface area contributed by atoms with Gasteiger partial charge in [0, 0.05) is 25.9 Å². The van der Waals surface area contributed by atoms with Crippen LogP contribution in [0.15, 0.2) is 30.5 Å². The van der Waals surface area contributed by atoms with Crippen LogP contribution in [0.25, 0.3) is 11.0 Å². The maximum absolute atomic E-state index is 13.0. The molecule has 1 aromatic carbocycles. The fourth-order valence-electron chi connectivity index (χ4n) is 3.95. The summed E-state index contributed by atoms with van der Waals surface area (Å²) >= 11 is 0. The first-order chi connectivity index (χ1) is 15.1. The number of hydrogen-bond donors (Lipinski definition) is 2. The lowest BCUT2D eigenvalue weighted by atomic mass is 9.97. The Kier molecular flexibility index (Phi) is 6.64. The largest absolute Gasteiger partial charge is 0.465 e. The van der Waals surface area contributed by atoms with E-state index in [-0.39, 0.29) is 18.2 Å².